The summed E-state index contributed by atoms with van der Waals surface area (Å²) >= 11 is 0. The van der Waals surface area contributed by atoms with E-state index >= 15 is 0 Å². The van der Waals surface area contributed by atoms with Crippen molar-refractivity contribution in [1.29, 1.82) is 0 Å². The molecule has 1 N–H and O–H groups in total. The number of rotatable bonds is 6. The third kappa shape index (κ3) is 4.07. The molecule has 7 nitrogen and oxygen atoms in total. The first-order valence-electron chi connectivity index (χ1n) is 8.10. The fourth-order valence-electron chi connectivity index (χ4n) is 3.03. The number of carbonyl (C=O) groups excluding carboxylic acids is 1. The van der Waals surface area contributed by atoms with Gasteiger partial charge in [-0.1, -0.05) is 0 Å². The fraction of sp³-hybridized carbons (Fsp3) is 0.562. The molecule has 1 aliphatic carbocycles. The molecule has 1 atom stereocenters. The third-order valence-corrected chi connectivity index (χ3v) is 4.51. The Labute approximate surface area is 138 Å². The Balaban J connectivity index is 1.55. The van der Waals surface area contributed by atoms with Crippen LogP contribution >= 0.6 is 0 Å². The van der Waals surface area contributed by atoms with Crippen LogP contribution in [-0.2, 0) is 9.53 Å². The van der Waals surface area contributed by atoms with Crippen LogP contribution in [0.15, 0.2) is 18.2 Å². The predicted octanol–water partition coefficient (Wildman–Crippen LogP) is 2.17. The minimum Gasteiger partial charge on any atom is -0.378 e. The lowest BCUT2D eigenvalue weighted by Gasteiger charge is -2.35. The first kappa shape index (κ1) is 16.8. The molecule has 0 radical (unpaired) electrons. The van der Waals surface area contributed by atoms with E-state index in [4.69, 9.17) is 4.74 Å². The van der Waals surface area contributed by atoms with Gasteiger partial charge in [-0.3, -0.25) is 19.8 Å². The van der Waals surface area contributed by atoms with Gasteiger partial charge in [-0.05, 0) is 24.8 Å². The number of benzene rings is 1. The van der Waals surface area contributed by atoms with Crippen molar-refractivity contribution in [2.24, 2.45) is 5.92 Å². The number of non-ortho nitro benzene ring substituents is 1. The molecule has 1 aliphatic heterocycles. The van der Waals surface area contributed by atoms with Crippen LogP contribution in [0.5, 0.6) is 0 Å². The Morgan fingerprint density at radius 3 is 2.96 bits per heavy atom. The molecule has 1 amide bonds. The van der Waals surface area contributed by atoms with Gasteiger partial charge in [0.15, 0.2) is 0 Å². The maximum absolute atomic E-state index is 13.7. The number of morpholine rings is 1. The summed E-state index contributed by atoms with van der Waals surface area (Å²) in [5.74, 6) is -0.380. The fourth-order valence-corrected chi connectivity index (χ4v) is 3.03. The minimum absolute atomic E-state index is 0.157. The number of halogens is 1. The second-order valence-electron chi connectivity index (χ2n) is 6.24. The van der Waals surface area contributed by atoms with Crippen molar-refractivity contribution in [1.82, 2.24) is 4.90 Å². The number of nitro benzene ring substituents is 1. The van der Waals surface area contributed by atoms with Crippen molar-refractivity contribution < 1.29 is 18.8 Å². The number of hydrogen-bond donors (Lipinski definition) is 1. The SMILES string of the molecule is O=C(CCN1CCOC[C@H]1C1CC1)Nc1cc([N+](=O)[O-])ccc1F. The van der Waals surface area contributed by atoms with E-state index < -0.39 is 10.7 Å². The largest absolute Gasteiger partial charge is 0.378 e. The molecule has 0 bridgehead atoms. The molecule has 2 aliphatic rings. The summed E-state index contributed by atoms with van der Waals surface area (Å²) in [6.07, 6.45) is 2.62. The van der Waals surface area contributed by atoms with Gasteiger partial charge in [0.2, 0.25) is 5.91 Å². The zero-order valence-electron chi connectivity index (χ0n) is 13.2. The van der Waals surface area contributed by atoms with E-state index in [1.165, 1.54) is 12.8 Å². The zero-order valence-corrected chi connectivity index (χ0v) is 13.2. The van der Waals surface area contributed by atoms with Gasteiger partial charge in [-0.25, -0.2) is 4.39 Å². The molecule has 24 heavy (non-hydrogen) atoms. The van der Waals surface area contributed by atoms with Crippen molar-refractivity contribution in [2.75, 3.05) is 31.6 Å². The normalized spacial score (nSPS) is 21.5. The number of nitrogens with zero attached hydrogens (tertiary/aromatic N) is 2. The van der Waals surface area contributed by atoms with E-state index in [2.05, 4.69) is 10.2 Å². The Bertz CT molecular complexity index is 636. The molecular formula is C16H20FN3O4. The number of hydrogen-bond acceptors (Lipinski definition) is 5. The maximum Gasteiger partial charge on any atom is 0.271 e. The number of nitro groups is 1. The first-order chi connectivity index (χ1) is 11.5. The van der Waals surface area contributed by atoms with Crippen LogP contribution in [0.1, 0.15) is 19.3 Å². The van der Waals surface area contributed by atoms with Crippen LogP contribution in [0, 0.1) is 21.8 Å². The van der Waals surface area contributed by atoms with Crippen LogP contribution in [0.2, 0.25) is 0 Å². The monoisotopic (exact) mass is 337 g/mol. The van der Waals surface area contributed by atoms with E-state index in [1.807, 2.05) is 0 Å². The first-order valence-corrected chi connectivity index (χ1v) is 8.10. The average molecular weight is 337 g/mol. The lowest BCUT2D eigenvalue weighted by atomic mass is 10.1. The number of nitrogens with one attached hydrogen (secondary N) is 1. The molecule has 1 saturated carbocycles. The summed E-state index contributed by atoms with van der Waals surface area (Å²) in [7, 11) is 0. The van der Waals surface area contributed by atoms with Gasteiger partial charge in [0.05, 0.1) is 23.8 Å². The second kappa shape index (κ2) is 7.23. The molecule has 0 aromatic heterocycles. The van der Waals surface area contributed by atoms with E-state index in [1.54, 1.807) is 0 Å². The molecule has 2 fully saturated rings. The smallest absolute Gasteiger partial charge is 0.271 e. The van der Waals surface area contributed by atoms with Gasteiger partial charge in [-0.2, -0.15) is 0 Å². The summed E-state index contributed by atoms with van der Waals surface area (Å²) in [6.45, 7) is 2.72. The van der Waals surface area contributed by atoms with Crippen molar-refractivity contribution >= 4 is 17.3 Å². The van der Waals surface area contributed by atoms with Crippen molar-refractivity contribution in [3.05, 3.63) is 34.1 Å². The Morgan fingerprint density at radius 1 is 1.46 bits per heavy atom. The van der Waals surface area contributed by atoms with E-state index in [-0.39, 0.29) is 23.7 Å². The highest BCUT2D eigenvalue weighted by Gasteiger charge is 2.37. The van der Waals surface area contributed by atoms with E-state index in [0.717, 1.165) is 24.7 Å². The summed E-state index contributed by atoms with van der Waals surface area (Å²) < 4.78 is 19.2. The van der Waals surface area contributed by atoms with Crippen LogP contribution in [-0.4, -0.2) is 48.1 Å². The highest BCUT2D eigenvalue weighted by Crippen LogP contribution is 2.36. The van der Waals surface area contributed by atoms with Crippen LogP contribution < -0.4 is 5.32 Å². The number of amides is 1. The van der Waals surface area contributed by atoms with Crippen molar-refractivity contribution in [3.8, 4) is 0 Å². The minimum atomic E-state index is -0.684. The Morgan fingerprint density at radius 2 is 2.25 bits per heavy atom. The topological polar surface area (TPSA) is 84.7 Å². The lowest BCUT2D eigenvalue weighted by Crippen LogP contribution is -2.47. The summed E-state index contributed by atoms with van der Waals surface area (Å²) in [5.41, 5.74) is -0.413. The number of carbonyl (C=O) groups is 1. The summed E-state index contributed by atoms with van der Waals surface area (Å²) in [5, 5.41) is 13.2. The van der Waals surface area contributed by atoms with Crippen LogP contribution in [0.4, 0.5) is 15.8 Å². The van der Waals surface area contributed by atoms with Gasteiger partial charge >= 0.3 is 0 Å². The predicted molar refractivity (Wildman–Crippen MR) is 85.2 cm³/mol. The third-order valence-electron chi connectivity index (χ3n) is 4.51. The molecule has 1 saturated heterocycles. The second-order valence-corrected chi connectivity index (χ2v) is 6.24. The summed E-state index contributed by atoms with van der Waals surface area (Å²) in [4.78, 5) is 24.4. The maximum atomic E-state index is 13.7. The molecule has 0 spiro atoms. The van der Waals surface area contributed by atoms with Gasteiger partial charge in [0.1, 0.15) is 5.82 Å². The molecule has 8 heteroatoms. The van der Waals surface area contributed by atoms with E-state index in [0.29, 0.717) is 31.7 Å². The van der Waals surface area contributed by atoms with Crippen molar-refractivity contribution in [3.63, 3.8) is 0 Å². The van der Waals surface area contributed by atoms with Crippen molar-refractivity contribution in [2.45, 2.75) is 25.3 Å². The van der Waals surface area contributed by atoms with Gasteiger partial charge < -0.3 is 10.1 Å². The Kier molecular flexibility index (Phi) is 5.06. The number of anilines is 1. The molecule has 1 aromatic rings. The molecule has 1 heterocycles. The van der Waals surface area contributed by atoms with Gasteiger partial charge in [0.25, 0.3) is 5.69 Å². The standard InChI is InChI=1S/C16H20FN3O4/c17-13-4-3-12(20(22)23)9-14(13)18-16(21)5-6-19-7-8-24-10-15(19)11-1-2-11/h3-4,9,11,15H,1-2,5-8,10H2,(H,18,21)/t15-/m0/s1. The molecule has 130 valence electrons. The summed E-state index contributed by atoms with van der Waals surface area (Å²) in [6, 6.07) is 3.45. The van der Waals surface area contributed by atoms with Crippen LogP contribution in [0.3, 0.4) is 0 Å². The quantitative estimate of drug-likeness (QED) is 0.635. The van der Waals surface area contributed by atoms with Crippen LogP contribution in [0.25, 0.3) is 0 Å². The average Bonchev–Trinajstić information content (AvgIpc) is 3.40. The molecule has 3 rings (SSSR count). The molecular weight excluding hydrogens is 317 g/mol. The number of ether oxygens (including phenoxy) is 1. The van der Waals surface area contributed by atoms with Gasteiger partial charge in [0, 0.05) is 37.7 Å². The highest BCUT2D eigenvalue weighted by molar-refractivity contribution is 5.91. The highest BCUT2D eigenvalue weighted by atomic mass is 19.1. The van der Waals surface area contributed by atoms with Gasteiger partial charge in [-0.15, -0.1) is 0 Å². The lowest BCUT2D eigenvalue weighted by molar-refractivity contribution is -0.384. The molecule has 1 aromatic carbocycles. The van der Waals surface area contributed by atoms with E-state index in [9.17, 15) is 19.3 Å². The molecule has 0 unspecified atom stereocenters. The Hall–Kier alpha value is -2.06. The zero-order chi connectivity index (χ0) is 17.1.